The highest BCUT2D eigenvalue weighted by atomic mass is 19.4. The Morgan fingerprint density at radius 1 is 1.35 bits per heavy atom. The molecular formula is C9H5F4NO3. The molecule has 0 radical (unpaired) electrons. The number of alkyl halides is 3. The molecule has 0 amide bonds. The summed E-state index contributed by atoms with van der Waals surface area (Å²) in [6.07, 6.45) is -5.08. The maximum absolute atomic E-state index is 13.2. The molecule has 8 heteroatoms. The summed E-state index contributed by atoms with van der Waals surface area (Å²) >= 11 is 0. The topological polar surface area (TPSA) is 60.2 Å². The number of benzene rings is 1. The van der Waals surface area contributed by atoms with Crippen molar-refractivity contribution >= 4 is 11.5 Å². The molecule has 0 fully saturated rings. The number of hydrogen-bond donors (Lipinski definition) is 0. The summed E-state index contributed by atoms with van der Waals surface area (Å²) in [7, 11) is 0. The molecule has 0 spiro atoms. The van der Waals surface area contributed by atoms with Crippen LogP contribution in [0.5, 0.6) is 0 Å². The molecule has 1 rings (SSSR count). The van der Waals surface area contributed by atoms with Gasteiger partial charge in [0, 0.05) is 11.6 Å². The Hall–Kier alpha value is -1.99. The lowest BCUT2D eigenvalue weighted by Gasteiger charge is -2.11. The second-order valence-electron chi connectivity index (χ2n) is 3.16. The number of nitro benzene ring substituents is 1. The lowest BCUT2D eigenvalue weighted by Crippen LogP contribution is -2.15. The highest BCUT2D eigenvalue weighted by Gasteiger charge is 2.39. The van der Waals surface area contributed by atoms with E-state index in [0.29, 0.717) is 6.07 Å². The monoisotopic (exact) mass is 251 g/mol. The van der Waals surface area contributed by atoms with Crippen LogP contribution < -0.4 is 0 Å². The van der Waals surface area contributed by atoms with Gasteiger partial charge in [0.1, 0.15) is 11.4 Å². The maximum Gasteiger partial charge on any atom is 0.419 e. The highest BCUT2D eigenvalue weighted by Crippen LogP contribution is 2.36. The number of rotatable bonds is 2. The van der Waals surface area contributed by atoms with E-state index in [1.165, 1.54) is 0 Å². The molecule has 0 aliphatic carbocycles. The highest BCUT2D eigenvalue weighted by molar-refractivity contribution is 5.96. The van der Waals surface area contributed by atoms with Crippen LogP contribution in [0.1, 0.15) is 22.8 Å². The normalized spacial score (nSPS) is 11.4. The number of Topliss-reactive ketones (excluding diaryl/α,β-unsaturated/α-hetero) is 1. The third kappa shape index (κ3) is 2.58. The SMILES string of the molecule is CC(=O)c1cc([N+](=O)[O-])cc(F)c1C(F)(F)F. The van der Waals surface area contributed by atoms with Gasteiger partial charge in [-0.05, 0) is 6.92 Å². The quantitative estimate of drug-likeness (QED) is 0.351. The molecule has 0 heterocycles. The first-order valence-corrected chi connectivity index (χ1v) is 4.20. The van der Waals surface area contributed by atoms with Crippen LogP contribution in [-0.4, -0.2) is 10.7 Å². The van der Waals surface area contributed by atoms with Crippen LogP contribution in [0.2, 0.25) is 0 Å². The summed E-state index contributed by atoms with van der Waals surface area (Å²) in [6, 6.07) is 0.545. The zero-order valence-corrected chi connectivity index (χ0v) is 8.34. The van der Waals surface area contributed by atoms with Crippen LogP contribution in [0.15, 0.2) is 12.1 Å². The van der Waals surface area contributed by atoms with Crippen molar-refractivity contribution in [3.63, 3.8) is 0 Å². The van der Waals surface area contributed by atoms with Gasteiger partial charge in [-0.2, -0.15) is 13.2 Å². The molecule has 0 bridgehead atoms. The minimum absolute atomic E-state index is 0.134. The van der Waals surface area contributed by atoms with E-state index < -0.39 is 39.5 Å². The standard InChI is InChI=1S/C9H5F4NO3/c1-4(15)6-2-5(14(16)17)3-7(10)8(6)9(11,12)13/h2-3H,1H3. The summed E-state index contributed by atoms with van der Waals surface area (Å²) < 4.78 is 50.5. The van der Waals surface area contributed by atoms with E-state index >= 15 is 0 Å². The molecule has 1 aromatic rings. The average Bonchev–Trinajstić information content (AvgIpc) is 2.13. The second-order valence-corrected chi connectivity index (χ2v) is 3.16. The molecule has 0 saturated heterocycles. The van der Waals surface area contributed by atoms with E-state index in [2.05, 4.69) is 0 Å². The van der Waals surface area contributed by atoms with Crippen LogP contribution in [-0.2, 0) is 6.18 Å². The Morgan fingerprint density at radius 2 is 1.88 bits per heavy atom. The van der Waals surface area contributed by atoms with Crippen molar-refractivity contribution in [2.75, 3.05) is 0 Å². The predicted octanol–water partition coefficient (Wildman–Crippen LogP) is 2.96. The van der Waals surface area contributed by atoms with Gasteiger partial charge in [0.2, 0.25) is 0 Å². The Labute approximate surface area is 92.0 Å². The fourth-order valence-electron chi connectivity index (χ4n) is 1.26. The molecule has 4 nitrogen and oxygen atoms in total. The molecule has 0 N–H and O–H groups in total. The van der Waals surface area contributed by atoms with Crippen LogP contribution in [0.4, 0.5) is 23.2 Å². The second kappa shape index (κ2) is 4.11. The first-order valence-electron chi connectivity index (χ1n) is 4.20. The van der Waals surface area contributed by atoms with Crippen LogP contribution in [0, 0.1) is 15.9 Å². The molecule has 0 aromatic heterocycles. The molecule has 0 aliphatic rings. The van der Waals surface area contributed by atoms with Gasteiger partial charge in [-0.1, -0.05) is 0 Å². The van der Waals surface area contributed by atoms with Gasteiger partial charge in [-0.3, -0.25) is 14.9 Å². The molecule has 0 aliphatic heterocycles. The van der Waals surface area contributed by atoms with Crippen molar-refractivity contribution in [3.05, 3.63) is 39.2 Å². The van der Waals surface area contributed by atoms with E-state index in [1.807, 2.05) is 0 Å². The molecule has 92 valence electrons. The third-order valence-electron chi connectivity index (χ3n) is 1.95. The van der Waals surface area contributed by atoms with E-state index in [4.69, 9.17) is 0 Å². The summed E-state index contributed by atoms with van der Waals surface area (Å²) in [6.45, 7) is 0.772. The smallest absolute Gasteiger partial charge is 0.294 e. The summed E-state index contributed by atoms with van der Waals surface area (Å²) in [5.74, 6) is -2.93. The third-order valence-corrected chi connectivity index (χ3v) is 1.95. The summed E-state index contributed by atoms with van der Waals surface area (Å²) in [5.41, 5.74) is -3.74. The van der Waals surface area contributed by atoms with E-state index in [0.717, 1.165) is 6.92 Å². The zero-order chi connectivity index (χ0) is 13.4. The van der Waals surface area contributed by atoms with Gasteiger partial charge in [-0.25, -0.2) is 4.39 Å². The lowest BCUT2D eigenvalue weighted by molar-refractivity contribution is -0.385. The summed E-state index contributed by atoms with van der Waals surface area (Å²) in [4.78, 5) is 20.2. The van der Waals surface area contributed by atoms with Gasteiger partial charge in [0.15, 0.2) is 5.78 Å². The number of nitro groups is 1. The minimum Gasteiger partial charge on any atom is -0.294 e. The number of nitrogens with zero attached hydrogens (tertiary/aromatic N) is 1. The lowest BCUT2D eigenvalue weighted by atomic mass is 10.0. The Kier molecular flexibility index (Phi) is 3.16. The van der Waals surface area contributed by atoms with E-state index in [9.17, 15) is 32.5 Å². The van der Waals surface area contributed by atoms with E-state index in [-0.39, 0.29) is 6.07 Å². The minimum atomic E-state index is -5.08. The van der Waals surface area contributed by atoms with E-state index in [1.54, 1.807) is 0 Å². The largest absolute Gasteiger partial charge is 0.419 e. The fourth-order valence-corrected chi connectivity index (χ4v) is 1.26. The van der Waals surface area contributed by atoms with Gasteiger partial charge < -0.3 is 0 Å². The molecule has 0 unspecified atom stereocenters. The van der Waals surface area contributed by atoms with Crippen LogP contribution in [0.25, 0.3) is 0 Å². The number of ketones is 1. The first kappa shape index (κ1) is 13.1. The van der Waals surface area contributed by atoms with Gasteiger partial charge in [0.25, 0.3) is 5.69 Å². The Morgan fingerprint density at radius 3 is 2.24 bits per heavy atom. The number of non-ortho nitro benzene ring substituents is 1. The predicted molar refractivity (Wildman–Crippen MR) is 48.1 cm³/mol. The molecule has 1 aromatic carbocycles. The molecule has 0 saturated carbocycles. The van der Waals surface area contributed by atoms with Crippen molar-refractivity contribution in [1.29, 1.82) is 0 Å². The van der Waals surface area contributed by atoms with Crippen LogP contribution >= 0.6 is 0 Å². The zero-order valence-electron chi connectivity index (χ0n) is 8.34. The molecular weight excluding hydrogens is 246 g/mol. The fraction of sp³-hybridized carbons (Fsp3) is 0.222. The van der Waals surface area contributed by atoms with Crippen molar-refractivity contribution in [2.24, 2.45) is 0 Å². The van der Waals surface area contributed by atoms with Crippen molar-refractivity contribution < 1.29 is 27.3 Å². The van der Waals surface area contributed by atoms with Crippen molar-refractivity contribution in [3.8, 4) is 0 Å². The van der Waals surface area contributed by atoms with Crippen molar-refractivity contribution in [1.82, 2.24) is 0 Å². The van der Waals surface area contributed by atoms with Gasteiger partial charge in [-0.15, -0.1) is 0 Å². The number of carbonyl (C=O) groups is 1. The molecule has 17 heavy (non-hydrogen) atoms. The number of hydrogen-bond acceptors (Lipinski definition) is 3. The van der Waals surface area contributed by atoms with Crippen LogP contribution in [0.3, 0.4) is 0 Å². The number of halogens is 4. The first-order chi connectivity index (χ1) is 7.64. The van der Waals surface area contributed by atoms with Crippen molar-refractivity contribution in [2.45, 2.75) is 13.1 Å². The Balaban J connectivity index is 3.61. The maximum atomic E-state index is 13.2. The number of carbonyl (C=O) groups excluding carboxylic acids is 1. The van der Waals surface area contributed by atoms with Gasteiger partial charge in [0.05, 0.1) is 11.0 Å². The van der Waals surface area contributed by atoms with Gasteiger partial charge >= 0.3 is 6.18 Å². The molecule has 0 atom stereocenters. The Bertz CT molecular complexity index is 496. The summed E-state index contributed by atoms with van der Waals surface area (Å²) in [5, 5.41) is 10.3. The average molecular weight is 251 g/mol.